The van der Waals surface area contributed by atoms with Crippen molar-refractivity contribution in [1.82, 2.24) is 4.31 Å². The number of anilines is 2. The van der Waals surface area contributed by atoms with Crippen LogP contribution in [0.1, 0.15) is 30.4 Å². The lowest BCUT2D eigenvalue weighted by atomic mass is 10.1. The predicted molar refractivity (Wildman–Crippen MR) is 115 cm³/mol. The minimum atomic E-state index is -3.48. The van der Waals surface area contributed by atoms with Crippen LogP contribution in [0.25, 0.3) is 0 Å². The van der Waals surface area contributed by atoms with Crippen LogP contribution in [0.4, 0.5) is 11.4 Å². The Morgan fingerprint density at radius 1 is 0.967 bits per heavy atom. The van der Waals surface area contributed by atoms with E-state index in [1.54, 1.807) is 30.3 Å². The van der Waals surface area contributed by atoms with Gasteiger partial charge in [0.25, 0.3) is 5.91 Å². The molecule has 0 aromatic heterocycles. The topological polar surface area (TPSA) is 86.8 Å². The first-order chi connectivity index (χ1) is 14.3. The zero-order valence-corrected chi connectivity index (χ0v) is 17.9. The van der Waals surface area contributed by atoms with E-state index in [9.17, 15) is 18.0 Å². The van der Waals surface area contributed by atoms with Gasteiger partial charge in [-0.3, -0.25) is 9.59 Å². The molecule has 2 aromatic rings. The summed E-state index contributed by atoms with van der Waals surface area (Å²) in [5, 5.41) is 3.08. The largest absolute Gasteiger partial charge is 0.373 e. The lowest BCUT2D eigenvalue weighted by Gasteiger charge is -2.19. The van der Waals surface area contributed by atoms with Crippen molar-refractivity contribution >= 4 is 33.2 Å². The van der Waals surface area contributed by atoms with E-state index in [1.165, 1.54) is 9.21 Å². The third kappa shape index (κ3) is 3.73. The highest BCUT2D eigenvalue weighted by atomic mass is 32.2. The van der Waals surface area contributed by atoms with Gasteiger partial charge in [0.15, 0.2) is 0 Å². The third-order valence-corrected chi connectivity index (χ3v) is 7.55. The average Bonchev–Trinajstić information content (AvgIpc) is 3.33. The van der Waals surface area contributed by atoms with Crippen molar-refractivity contribution < 1.29 is 18.0 Å². The number of rotatable bonds is 5. The molecule has 2 aromatic carbocycles. The van der Waals surface area contributed by atoms with E-state index >= 15 is 0 Å². The number of nitrogens with zero attached hydrogens (tertiary/aromatic N) is 2. The van der Waals surface area contributed by atoms with Crippen molar-refractivity contribution in [3.63, 3.8) is 0 Å². The van der Waals surface area contributed by atoms with E-state index < -0.39 is 16.1 Å². The van der Waals surface area contributed by atoms with E-state index in [4.69, 9.17) is 0 Å². The van der Waals surface area contributed by atoms with Gasteiger partial charge in [0.2, 0.25) is 15.9 Å². The second-order valence-electron chi connectivity index (χ2n) is 7.89. The highest BCUT2D eigenvalue weighted by Gasteiger charge is 2.40. The Kier molecular flexibility index (Phi) is 5.38. The monoisotopic (exact) mass is 427 g/mol. The maximum absolute atomic E-state index is 12.9. The third-order valence-electron chi connectivity index (χ3n) is 5.64. The van der Waals surface area contributed by atoms with Crippen LogP contribution < -0.4 is 10.2 Å². The van der Waals surface area contributed by atoms with Crippen molar-refractivity contribution in [3.05, 3.63) is 53.6 Å². The number of hydrogen-bond donors (Lipinski definition) is 1. The van der Waals surface area contributed by atoms with Crippen LogP contribution in [0.3, 0.4) is 0 Å². The van der Waals surface area contributed by atoms with E-state index in [0.29, 0.717) is 24.5 Å². The summed E-state index contributed by atoms with van der Waals surface area (Å²) >= 11 is 0. The van der Waals surface area contributed by atoms with E-state index in [1.807, 2.05) is 26.0 Å². The summed E-state index contributed by atoms with van der Waals surface area (Å²) in [4.78, 5) is 26.9. The standard InChI is InChI=1S/C22H25N3O4S/c1-15-5-10-20(16(2)13-15)25-21(26)14-19(22(25)27)23-17-6-8-18(9-7-17)30(28,29)24-11-3-4-12-24/h5-10,13,19,23H,3-4,11-12,14H2,1-2H3. The fourth-order valence-electron chi connectivity index (χ4n) is 4.06. The van der Waals surface area contributed by atoms with Crippen molar-refractivity contribution in [1.29, 1.82) is 0 Å². The fourth-order valence-corrected chi connectivity index (χ4v) is 5.57. The lowest BCUT2D eigenvalue weighted by molar-refractivity contribution is -0.121. The molecule has 0 aliphatic carbocycles. The summed E-state index contributed by atoms with van der Waals surface area (Å²) in [6.07, 6.45) is 1.82. The Hall–Kier alpha value is -2.71. The highest BCUT2D eigenvalue weighted by Crippen LogP contribution is 2.29. The van der Waals surface area contributed by atoms with Gasteiger partial charge >= 0.3 is 0 Å². The van der Waals surface area contributed by atoms with Gasteiger partial charge < -0.3 is 5.32 Å². The molecule has 0 radical (unpaired) electrons. The molecule has 1 unspecified atom stereocenters. The zero-order valence-electron chi connectivity index (χ0n) is 17.1. The summed E-state index contributed by atoms with van der Waals surface area (Å²) < 4.78 is 26.8. The van der Waals surface area contributed by atoms with Gasteiger partial charge in [-0.25, -0.2) is 13.3 Å². The Labute approximate surface area is 176 Å². The molecular weight excluding hydrogens is 402 g/mol. The summed E-state index contributed by atoms with van der Waals surface area (Å²) in [5.74, 6) is -0.557. The van der Waals surface area contributed by atoms with Gasteiger partial charge in [0.1, 0.15) is 6.04 Å². The molecular formula is C22H25N3O4S. The van der Waals surface area contributed by atoms with Crippen LogP contribution in [0.15, 0.2) is 47.4 Å². The van der Waals surface area contributed by atoms with Crippen LogP contribution in [-0.4, -0.2) is 43.7 Å². The summed E-state index contributed by atoms with van der Waals surface area (Å²) in [5.41, 5.74) is 3.14. The first-order valence-corrected chi connectivity index (χ1v) is 11.5. The molecule has 7 nitrogen and oxygen atoms in total. The highest BCUT2D eigenvalue weighted by molar-refractivity contribution is 7.89. The number of aryl methyl sites for hydroxylation is 2. The first kappa shape index (κ1) is 20.6. The number of benzene rings is 2. The minimum absolute atomic E-state index is 0.0555. The number of imide groups is 1. The van der Waals surface area contributed by atoms with Crippen molar-refractivity contribution in [3.8, 4) is 0 Å². The van der Waals surface area contributed by atoms with Gasteiger partial charge in [0.05, 0.1) is 17.0 Å². The smallest absolute Gasteiger partial charge is 0.256 e. The molecule has 4 rings (SSSR count). The Morgan fingerprint density at radius 3 is 2.27 bits per heavy atom. The quantitative estimate of drug-likeness (QED) is 0.742. The van der Waals surface area contributed by atoms with Crippen LogP contribution >= 0.6 is 0 Å². The molecule has 2 fully saturated rings. The van der Waals surface area contributed by atoms with Crippen LogP contribution in [-0.2, 0) is 19.6 Å². The van der Waals surface area contributed by atoms with Gasteiger partial charge in [0, 0.05) is 18.8 Å². The Bertz CT molecular complexity index is 1090. The molecule has 2 aliphatic rings. The molecule has 2 heterocycles. The second kappa shape index (κ2) is 7.85. The molecule has 1 N–H and O–H groups in total. The first-order valence-electron chi connectivity index (χ1n) is 10.1. The molecule has 0 bridgehead atoms. The number of amides is 2. The molecule has 30 heavy (non-hydrogen) atoms. The van der Waals surface area contributed by atoms with E-state index in [2.05, 4.69) is 5.32 Å². The predicted octanol–water partition coefficient (Wildman–Crippen LogP) is 2.83. The number of nitrogens with one attached hydrogen (secondary N) is 1. The van der Waals surface area contributed by atoms with Gasteiger partial charge in [-0.15, -0.1) is 0 Å². The summed E-state index contributed by atoms with van der Waals surface area (Å²) in [6.45, 7) is 4.94. The van der Waals surface area contributed by atoms with E-state index in [-0.39, 0.29) is 23.1 Å². The molecule has 0 saturated carbocycles. The molecule has 2 aliphatic heterocycles. The van der Waals surface area contributed by atoms with Crippen LogP contribution in [0.5, 0.6) is 0 Å². The number of hydrogen-bond acceptors (Lipinski definition) is 5. The average molecular weight is 428 g/mol. The molecule has 2 amide bonds. The van der Waals surface area contributed by atoms with Gasteiger partial charge in [-0.2, -0.15) is 4.31 Å². The number of carbonyl (C=O) groups is 2. The van der Waals surface area contributed by atoms with E-state index in [0.717, 1.165) is 24.0 Å². The van der Waals surface area contributed by atoms with Crippen LogP contribution in [0, 0.1) is 13.8 Å². The molecule has 0 spiro atoms. The second-order valence-corrected chi connectivity index (χ2v) is 9.83. The van der Waals surface area contributed by atoms with Crippen molar-refractivity contribution in [2.45, 2.75) is 44.0 Å². The fraction of sp³-hybridized carbons (Fsp3) is 0.364. The summed E-state index contributed by atoms with van der Waals surface area (Å²) in [7, 11) is -3.48. The normalized spacial score (nSPS) is 20.2. The SMILES string of the molecule is Cc1ccc(N2C(=O)CC(Nc3ccc(S(=O)(=O)N4CCCC4)cc3)C2=O)c(C)c1. The minimum Gasteiger partial charge on any atom is -0.373 e. The van der Waals surface area contributed by atoms with Crippen LogP contribution in [0.2, 0.25) is 0 Å². The molecule has 2 saturated heterocycles. The van der Waals surface area contributed by atoms with Crippen molar-refractivity contribution in [2.75, 3.05) is 23.3 Å². The van der Waals surface area contributed by atoms with Gasteiger partial charge in [-0.1, -0.05) is 17.7 Å². The maximum Gasteiger partial charge on any atom is 0.256 e. The number of sulfonamides is 1. The van der Waals surface area contributed by atoms with Gasteiger partial charge in [-0.05, 0) is 62.6 Å². The molecule has 1 atom stereocenters. The summed E-state index contributed by atoms with van der Waals surface area (Å²) in [6, 6.07) is 11.3. The maximum atomic E-state index is 12.9. The Morgan fingerprint density at radius 2 is 1.63 bits per heavy atom. The Balaban J connectivity index is 1.49. The molecule has 158 valence electrons. The lowest BCUT2D eigenvalue weighted by Crippen LogP contribution is -2.35. The zero-order chi connectivity index (χ0) is 21.5. The number of carbonyl (C=O) groups excluding carboxylic acids is 2. The molecule has 8 heteroatoms. The van der Waals surface area contributed by atoms with Crippen molar-refractivity contribution in [2.24, 2.45) is 0 Å².